The Balaban J connectivity index is 1.55. The Labute approximate surface area is 150 Å². The predicted molar refractivity (Wildman–Crippen MR) is 102 cm³/mol. The molecule has 2 fully saturated rings. The molecule has 3 nitrogen and oxygen atoms in total. The highest BCUT2D eigenvalue weighted by atomic mass is 32.1. The standard InChI is InChI=1S/C19H18N2OS2/c22-18-17(9-13-10-20-15-4-2-1-3-14(13)15)24-19(23)21(18)16-8-11-5-6-12(16)7-11/h1-4,9-12,16,22H,5-8H2. The number of nitrogens with zero attached hydrogens (tertiary/aromatic N) is 2. The number of thiazole rings is 1. The molecule has 3 aliphatic rings. The second kappa shape index (κ2) is 5.39. The number of fused-ring (bicyclic) bond motifs is 3. The minimum atomic E-state index is 0.341. The van der Waals surface area contributed by atoms with Gasteiger partial charge in [0.05, 0.1) is 10.6 Å². The number of allylic oxidation sites excluding steroid dienone is 1. The molecule has 2 bridgehead atoms. The maximum atomic E-state index is 10.8. The van der Waals surface area contributed by atoms with Crippen molar-refractivity contribution in [2.45, 2.75) is 31.7 Å². The fraction of sp³-hybridized carbons (Fsp3) is 0.368. The summed E-state index contributed by atoms with van der Waals surface area (Å²) < 4.78 is 2.81. The number of para-hydroxylation sites is 1. The summed E-state index contributed by atoms with van der Waals surface area (Å²) in [6.45, 7) is 0. The molecule has 2 aromatic rings. The summed E-state index contributed by atoms with van der Waals surface area (Å²) >= 11 is 7.10. The van der Waals surface area contributed by atoms with Gasteiger partial charge < -0.3 is 5.11 Å². The van der Waals surface area contributed by atoms with Gasteiger partial charge in [-0.15, -0.1) is 11.3 Å². The smallest absolute Gasteiger partial charge is 0.210 e. The number of aromatic hydroxyl groups is 1. The Hall–Kier alpha value is -1.72. The van der Waals surface area contributed by atoms with Crippen LogP contribution in [0, 0.1) is 15.8 Å². The number of aromatic nitrogens is 1. The number of hydrogen-bond donors (Lipinski definition) is 1. The third-order valence-electron chi connectivity index (χ3n) is 5.72. The summed E-state index contributed by atoms with van der Waals surface area (Å²) in [6.07, 6.45) is 9.00. The third-order valence-corrected chi connectivity index (χ3v) is 7.06. The van der Waals surface area contributed by atoms with Crippen LogP contribution in [0.4, 0.5) is 5.69 Å². The molecule has 1 N–H and O–H groups in total. The molecule has 2 heterocycles. The van der Waals surface area contributed by atoms with Crippen molar-refractivity contribution in [2.24, 2.45) is 16.8 Å². The summed E-state index contributed by atoms with van der Waals surface area (Å²) in [4.78, 5) is 5.29. The maximum Gasteiger partial charge on any atom is 0.210 e. The van der Waals surface area contributed by atoms with Gasteiger partial charge in [0, 0.05) is 23.4 Å². The lowest BCUT2D eigenvalue weighted by atomic mass is 9.95. The molecule has 0 spiro atoms. The topological polar surface area (TPSA) is 37.5 Å². The molecule has 0 amide bonds. The van der Waals surface area contributed by atoms with Gasteiger partial charge in [-0.3, -0.25) is 9.56 Å². The van der Waals surface area contributed by atoms with Crippen LogP contribution in [0.25, 0.3) is 11.6 Å². The highest BCUT2D eigenvalue weighted by Gasteiger charge is 2.41. The van der Waals surface area contributed by atoms with E-state index in [1.165, 1.54) is 37.0 Å². The predicted octanol–water partition coefficient (Wildman–Crippen LogP) is 5.60. The first-order valence-corrected chi connectivity index (χ1v) is 9.72. The van der Waals surface area contributed by atoms with Crippen LogP contribution in [0.3, 0.4) is 0 Å². The molecule has 2 saturated carbocycles. The highest BCUT2D eigenvalue weighted by molar-refractivity contribution is 7.73. The average molecular weight is 355 g/mol. The lowest BCUT2D eigenvalue weighted by molar-refractivity contribution is 0.294. The van der Waals surface area contributed by atoms with Gasteiger partial charge in [-0.1, -0.05) is 24.6 Å². The highest BCUT2D eigenvalue weighted by Crippen LogP contribution is 2.52. The van der Waals surface area contributed by atoms with Crippen LogP contribution in [0.1, 0.15) is 42.2 Å². The minimum Gasteiger partial charge on any atom is -0.493 e. The van der Waals surface area contributed by atoms with E-state index in [-0.39, 0.29) is 0 Å². The number of benzene rings is 1. The van der Waals surface area contributed by atoms with Crippen molar-refractivity contribution in [3.8, 4) is 5.88 Å². The van der Waals surface area contributed by atoms with Crippen molar-refractivity contribution in [3.05, 3.63) is 38.7 Å². The number of rotatable bonds is 2. The van der Waals surface area contributed by atoms with Crippen molar-refractivity contribution in [1.82, 2.24) is 4.57 Å². The number of aliphatic imine (C=N–C) groups is 1. The van der Waals surface area contributed by atoms with Gasteiger partial charge in [-0.05, 0) is 55.5 Å². The molecule has 3 unspecified atom stereocenters. The van der Waals surface area contributed by atoms with Gasteiger partial charge in [0.2, 0.25) is 5.88 Å². The van der Waals surface area contributed by atoms with Crippen molar-refractivity contribution >= 4 is 47.1 Å². The van der Waals surface area contributed by atoms with E-state index in [0.29, 0.717) is 17.8 Å². The van der Waals surface area contributed by atoms with Crippen LogP contribution in [0.15, 0.2) is 29.3 Å². The zero-order valence-corrected chi connectivity index (χ0v) is 14.8. The monoisotopic (exact) mass is 354 g/mol. The normalized spacial score (nSPS) is 28.8. The SMILES string of the molecule is Oc1c(C=C2C=Nc3ccccc32)sc(=S)n1C1CC2CCC1C2. The Morgan fingerprint density at radius 3 is 2.92 bits per heavy atom. The second-order valence-electron chi connectivity index (χ2n) is 7.04. The molecule has 24 heavy (non-hydrogen) atoms. The molecular weight excluding hydrogens is 336 g/mol. The average Bonchev–Trinajstić information content (AvgIpc) is 3.33. The van der Waals surface area contributed by atoms with E-state index < -0.39 is 0 Å². The van der Waals surface area contributed by atoms with E-state index in [1.807, 2.05) is 35.1 Å². The Morgan fingerprint density at radius 1 is 1.25 bits per heavy atom. The van der Waals surface area contributed by atoms with E-state index in [4.69, 9.17) is 12.2 Å². The van der Waals surface area contributed by atoms with Crippen molar-refractivity contribution < 1.29 is 5.11 Å². The molecule has 122 valence electrons. The van der Waals surface area contributed by atoms with Crippen LogP contribution < -0.4 is 0 Å². The summed E-state index contributed by atoms with van der Waals surface area (Å²) in [5.41, 5.74) is 3.14. The van der Waals surface area contributed by atoms with Crippen LogP contribution in [0.5, 0.6) is 5.88 Å². The maximum absolute atomic E-state index is 10.8. The summed E-state index contributed by atoms with van der Waals surface area (Å²) in [5, 5.41) is 10.8. The van der Waals surface area contributed by atoms with Crippen LogP contribution >= 0.6 is 23.6 Å². The largest absolute Gasteiger partial charge is 0.493 e. The molecule has 1 aliphatic heterocycles. The van der Waals surface area contributed by atoms with Gasteiger partial charge in [0.25, 0.3) is 0 Å². The summed E-state index contributed by atoms with van der Waals surface area (Å²) in [5.74, 6) is 1.86. The van der Waals surface area contributed by atoms with Crippen LogP contribution in [0.2, 0.25) is 0 Å². The Kier molecular flexibility index (Phi) is 3.28. The van der Waals surface area contributed by atoms with Crippen molar-refractivity contribution in [1.29, 1.82) is 0 Å². The Bertz CT molecular complexity index is 937. The van der Waals surface area contributed by atoms with E-state index in [9.17, 15) is 5.11 Å². The van der Waals surface area contributed by atoms with Gasteiger partial charge >= 0.3 is 0 Å². The molecule has 5 rings (SSSR count). The molecular formula is C19H18N2OS2. The third kappa shape index (κ3) is 2.15. The molecule has 3 atom stereocenters. The van der Waals surface area contributed by atoms with Gasteiger partial charge in [-0.25, -0.2) is 0 Å². The molecule has 0 saturated heterocycles. The first-order chi connectivity index (χ1) is 11.7. The fourth-order valence-electron chi connectivity index (χ4n) is 4.60. The van der Waals surface area contributed by atoms with E-state index in [1.54, 1.807) is 0 Å². The van der Waals surface area contributed by atoms with Gasteiger partial charge in [0.1, 0.15) is 0 Å². The zero-order chi connectivity index (χ0) is 16.3. The first kappa shape index (κ1) is 14.6. The molecule has 5 heteroatoms. The zero-order valence-electron chi connectivity index (χ0n) is 13.2. The van der Waals surface area contributed by atoms with E-state index >= 15 is 0 Å². The van der Waals surface area contributed by atoms with Crippen LogP contribution in [-0.4, -0.2) is 15.9 Å². The Morgan fingerprint density at radius 2 is 2.12 bits per heavy atom. The number of hydrogen-bond acceptors (Lipinski definition) is 4. The molecule has 0 radical (unpaired) electrons. The van der Waals surface area contributed by atoms with Crippen molar-refractivity contribution in [3.63, 3.8) is 0 Å². The van der Waals surface area contributed by atoms with Crippen molar-refractivity contribution in [2.75, 3.05) is 0 Å². The van der Waals surface area contributed by atoms with Gasteiger partial charge in [0.15, 0.2) is 3.95 Å². The lowest BCUT2D eigenvalue weighted by Gasteiger charge is -2.23. The molecule has 2 aliphatic carbocycles. The van der Waals surface area contributed by atoms with Crippen LogP contribution in [-0.2, 0) is 0 Å². The lowest BCUT2D eigenvalue weighted by Crippen LogP contribution is -2.15. The summed E-state index contributed by atoms with van der Waals surface area (Å²) in [6, 6.07) is 8.48. The van der Waals surface area contributed by atoms with E-state index in [0.717, 1.165) is 31.6 Å². The molecule has 1 aromatic carbocycles. The quantitative estimate of drug-likeness (QED) is 0.713. The fourth-order valence-corrected chi connectivity index (χ4v) is 5.98. The van der Waals surface area contributed by atoms with E-state index in [2.05, 4.69) is 11.1 Å². The second-order valence-corrected chi connectivity index (χ2v) is 8.72. The first-order valence-electron chi connectivity index (χ1n) is 8.50. The molecule has 1 aromatic heterocycles. The van der Waals surface area contributed by atoms with Gasteiger partial charge in [-0.2, -0.15) is 0 Å². The summed E-state index contributed by atoms with van der Waals surface area (Å²) in [7, 11) is 0. The minimum absolute atomic E-state index is 0.341.